The van der Waals surface area contributed by atoms with Crippen LogP contribution in [0.4, 0.5) is 10.5 Å². The van der Waals surface area contributed by atoms with E-state index < -0.39 is 12.2 Å². The summed E-state index contributed by atoms with van der Waals surface area (Å²) in [6.45, 7) is 3.85. The smallest absolute Gasteiger partial charge is 0.302 e. The van der Waals surface area contributed by atoms with Crippen LogP contribution in [0, 0.1) is 0 Å². The van der Waals surface area contributed by atoms with Crippen molar-refractivity contribution in [1.82, 2.24) is 14.7 Å². The van der Waals surface area contributed by atoms with E-state index in [9.17, 15) is 9.59 Å². The lowest BCUT2D eigenvalue weighted by Gasteiger charge is -2.39. The highest BCUT2D eigenvalue weighted by Gasteiger charge is 2.54. The third-order valence-corrected chi connectivity index (χ3v) is 5.61. The Balaban J connectivity index is 1.62. The summed E-state index contributed by atoms with van der Waals surface area (Å²) in [5.74, 6) is 0.379. The first-order chi connectivity index (χ1) is 14.6. The molecule has 0 radical (unpaired) electrons. The van der Waals surface area contributed by atoms with Crippen LogP contribution in [0.5, 0.6) is 0 Å². The first-order valence-corrected chi connectivity index (χ1v) is 9.79. The SMILES string of the molecule is C=CCN1C(=O)C2C(N=C3N(c4ccccc4)C(c4ccccc4)=CN32)N(C)C1=O. The first-order valence-electron chi connectivity index (χ1n) is 9.79. The standard InChI is InChI=1S/C23H21N5O2/c1-3-14-26-21(29)19-20(25(2)23(26)30)24-22-27(19)15-18(16-10-6-4-7-11-16)28(22)17-12-8-5-9-13-17/h3-13,15,19-20H,1,14H2,2H3. The molecule has 2 atom stereocenters. The minimum Gasteiger partial charge on any atom is -0.302 e. The molecule has 5 rings (SSSR count). The molecule has 3 aliphatic rings. The molecule has 0 bridgehead atoms. The van der Waals surface area contributed by atoms with Crippen molar-refractivity contribution in [3.05, 3.63) is 85.1 Å². The Morgan fingerprint density at radius 3 is 2.37 bits per heavy atom. The number of para-hydroxylation sites is 1. The normalized spacial score (nSPS) is 22.7. The van der Waals surface area contributed by atoms with Gasteiger partial charge < -0.3 is 4.90 Å². The molecule has 30 heavy (non-hydrogen) atoms. The van der Waals surface area contributed by atoms with Crippen molar-refractivity contribution in [2.24, 2.45) is 4.99 Å². The summed E-state index contributed by atoms with van der Waals surface area (Å²) >= 11 is 0. The van der Waals surface area contributed by atoms with E-state index in [4.69, 9.17) is 4.99 Å². The number of rotatable bonds is 4. The molecular weight excluding hydrogens is 378 g/mol. The molecule has 0 aliphatic carbocycles. The Morgan fingerprint density at radius 2 is 1.70 bits per heavy atom. The molecule has 7 nitrogen and oxygen atoms in total. The van der Waals surface area contributed by atoms with Crippen molar-refractivity contribution in [2.75, 3.05) is 18.5 Å². The summed E-state index contributed by atoms with van der Waals surface area (Å²) in [4.78, 5) is 37.5. The second-order valence-electron chi connectivity index (χ2n) is 7.38. The number of carbonyl (C=O) groups excluding carboxylic acids is 2. The quantitative estimate of drug-likeness (QED) is 0.742. The summed E-state index contributed by atoms with van der Waals surface area (Å²) in [6, 6.07) is 19.0. The maximum atomic E-state index is 13.2. The number of benzene rings is 2. The van der Waals surface area contributed by atoms with E-state index in [1.807, 2.05) is 76.7 Å². The molecule has 3 amide bonds. The molecule has 0 spiro atoms. The molecule has 150 valence electrons. The van der Waals surface area contributed by atoms with Crippen molar-refractivity contribution in [2.45, 2.75) is 12.2 Å². The van der Waals surface area contributed by atoms with Crippen molar-refractivity contribution >= 4 is 29.3 Å². The van der Waals surface area contributed by atoms with Gasteiger partial charge in [0.15, 0.2) is 12.2 Å². The van der Waals surface area contributed by atoms with Crippen LogP contribution in [-0.2, 0) is 4.79 Å². The Morgan fingerprint density at radius 1 is 1.03 bits per heavy atom. The van der Waals surface area contributed by atoms with Crippen molar-refractivity contribution in [3.8, 4) is 0 Å². The molecule has 0 aromatic heterocycles. The van der Waals surface area contributed by atoms with Gasteiger partial charge in [0, 0.05) is 31.0 Å². The lowest BCUT2D eigenvalue weighted by molar-refractivity contribution is -0.136. The van der Waals surface area contributed by atoms with E-state index in [-0.39, 0.29) is 18.5 Å². The van der Waals surface area contributed by atoms with Crippen LogP contribution in [0.15, 0.2) is 84.5 Å². The minimum atomic E-state index is -0.602. The highest BCUT2D eigenvalue weighted by molar-refractivity contribution is 6.16. The maximum Gasteiger partial charge on any atom is 0.328 e. The van der Waals surface area contributed by atoms with Crippen LogP contribution in [-0.4, -0.2) is 58.4 Å². The molecule has 1 saturated heterocycles. The summed E-state index contributed by atoms with van der Waals surface area (Å²) in [7, 11) is 1.68. The van der Waals surface area contributed by atoms with Crippen LogP contribution in [0.25, 0.3) is 5.70 Å². The number of aliphatic imine (C=N–C) groups is 1. The van der Waals surface area contributed by atoms with Gasteiger partial charge in [0.2, 0.25) is 5.96 Å². The number of imide groups is 1. The van der Waals surface area contributed by atoms with Gasteiger partial charge in [0.05, 0.1) is 5.70 Å². The van der Waals surface area contributed by atoms with Gasteiger partial charge in [-0.25, -0.2) is 9.79 Å². The summed E-state index contributed by atoms with van der Waals surface area (Å²) in [6.07, 6.45) is 2.95. The topological polar surface area (TPSA) is 59.5 Å². The van der Waals surface area contributed by atoms with E-state index in [1.165, 1.54) is 9.80 Å². The number of fused-ring (bicyclic) bond motifs is 3. The van der Waals surface area contributed by atoms with Crippen LogP contribution >= 0.6 is 0 Å². The van der Waals surface area contributed by atoms with Crippen LogP contribution < -0.4 is 4.90 Å². The number of carbonyl (C=O) groups is 2. The van der Waals surface area contributed by atoms with Gasteiger partial charge in [0.1, 0.15) is 0 Å². The second kappa shape index (κ2) is 6.88. The van der Waals surface area contributed by atoms with Crippen LogP contribution in [0.3, 0.4) is 0 Å². The zero-order valence-corrected chi connectivity index (χ0v) is 16.5. The van der Waals surface area contributed by atoms with E-state index in [1.54, 1.807) is 13.1 Å². The molecular formula is C23H21N5O2. The molecule has 3 aliphatic heterocycles. The molecule has 2 aromatic rings. The highest BCUT2D eigenvalue weighted by Crippen LogP contribution is 2.39. The molecule has 3 heterocycles. The molecule has 7 heteroatoms. The van der Waals surface area contributed by atoms with E-state index in [0.717, 1.165) is 16.9 Å². The second-order valence-corrected chi connectivity index (χ2v) is 7.38. The number of amides is 3. The number of nitrogens with zero attached hydrogens (tertiary/aromatic N) is 5. The van der Waals surface area contributed by atoms with E-state index in [2.05, 4.69) is 6.58 Å². The van der Waals surface area contributed by atoms with Gasteiger partial charge in [-0.05, 0) is 12.1 Å². The Bertz CT molecular complexity index is 1080. The van der Waals surface area contributed by atoms with Gasteiger partial charge in [-0.2, -0.15) is 0 Å². The van der Waals surface area contributed by atoms with Gasteiger partial charge in [-0.15, -0.1) is 6.58 Å². The van der Waals surface area contributed by atoms with E-state index >= 15 is 0 Å². The number of urea groups is 1. The lowest BCUT2D eigenvalue weighted by atomic mass is 10.1. The lowest BCUT2D eigenvalue weighted by Crippen LogP contribution is -2.64. The zero-order chi connectivity index (χ0) is 20.8. The molecule has 0 N–H and O–H groups in total. The highest BCUT2D eigenvalue weighted by atomic mass is 16.2. The predicted octanol–water partition coefficient (Wildman–Crippen LogP) is 2.95. The van der Waals surface area contributed by atoms with Crippen molar-refractivity contribution < 1.29 is 9.59 Å². The van der Waals surface area contributed by atoms with Crippen molar-refractivity contribution in [3.63, 3.8) is 0 Å². The van der Waals surface area contributed by atoms with Gasteiger partial charge >= 0.3 is 6.03 Å². The summed E-state index contributed by atoms with van der Waals surface area (Å²) < 4.78 is 0. The fraction of sp³-hybridized carbons (Fsp3) is 0.174. The number of guanidine groups is 1. The monoisotopic (exact) mass is 399 g/mol. The third kappa shape index (κ3) is 2.55. The van der Waals surface area contributed by atoms with E-state index in [0.29, 0.717) is 5.96 Å². The number of hydrogen-bond donors (Lipinski definition) is 0. The third-order valence-electron chi connectivity index (χ3n) is 5.61. The summed E-state index contributed by atoms with van der Waals surface area (Å²) in [5, 5.41) is 0. The van der Waals surface area contributed by atoms with Crippen molar-refractivity contribution in [1.29, 1.82) is 0 Å². The summed E-state index contributed by atoms with van der Waals surface area (Å²) in [5.41, 5.74) is 2.89. The molecule has 1 fully saturated rings. The van der Waals surface area contributed by atoms with Gasteiger partial charge in [-0.3, -0.25) is 19.5 Å². The Hall–Kier alpha value is -3.87. The average molecular weight is 399 g/mol. The van der Waals surface area contributed by atoms with Gasteiger partial charge in [-0.1, -0.05) is 54.6 Å². The fourth-order valence-corrected chi connectivity index (χ4v) is 4.18. The number of hydrogen-bond acceptors (Lipinski definition) is 5. The van der Waals surface area contributed by atoms with Crippen LogP contribution in [0.1, 0.15) is 5.56 Å². The van der Waals surface area contributed by atoms with Gasteiger partial charge in [0.25, 0.3) is 5.91 Å². The Kier molecular flexibility index (Phi) is 4.17. The molecule has 2 unspecified atom stereocenters. The Labute approximate surface area is 174 Å². The fourth-order valence-electron chi connectivity index (χ4n) is 4.18. The molecule has 0 saturated carbocycles. The zero-order valence-electron chi connectivity index (χ0n) is 16.5. The predicted molar refractivity (Wildman–Crippen MR) is 115 cm³/mol. The number of likely N-dealkylation sites (N-methyl/N-ethyl adjacent to an activating group) is 1. The minimum absolute atomic E-state index is 0.173. The molecule has 2 aromatic carbocycles. The largest absolute Gasteiger partial charge is 0.328 e. The number of anilines is 1. The maximum absolute atomic E-state index is 13.2. The average Bonchev–Trinajstić information content (AvgIpc) is 3.33. The van der Waals surface area contributed by atoms with Crippen LogP contribution in [0.2, 0.25) is 0 Å². The first kappa shape index (κ1) is 18.2.